The molecule has 1 aliphatic carbocycles. The van der Waals surface area contributed by atoms with Crippen molar-refractivity contribution in [3.63, 3.8) is 0 Å². The van der Waals surface area contributed by atoms with Crippen LogP contribution in [0.1, 0.15) is 25.0 Å². The Labute approximate surface area is 192 Å². The van der Waals surface area contributed by atoms with Crippen LogP contribution in [0.2, 0.25) is 0 Å². The number of hydrogen-bond acceptors (Lipinski definition) is 1. The summed E-state index contributed by atoms with van der Waals surface area (Å²) in [5.41, 5.74) is 10.9. The molecule has 1 heterocycles. The summed E-state index contributed by atoms with van der Waals surface area (Å²) in [7, 11) is 0. The molecule has 5 aromatic rings. The highest BCUT2D eigenvalue weighted by Gasteiger charge is 2.35. The highest BCUT2D eigenvalue weighted by Crippen LogP contribution is 2.51. The summed E-state index contributed by atoms with van der Waals surface area (Å²) in [5, 5.41) is 2.70. The first-order chi connectivity index (χ1) is 15.6. The van der Waals surface area contributed by atoms with Crippen molar-refractivity contribution in [2.75, 3.05) is 0 Å². The topological polar surface area (TPSA) is 0 Å². The maximum atomic E-state index is 2.42. The second-order valence-corrected chi connectivity index (χ2v) is 10.5. The van der Waals surface area contributed by atoms with Gasteiger partial charge in [-0.1, -0.05) is 98.4 Å². The molecule has 0 amide bonds. The zero-order valence-electron chi connectivity index (χ0n) is 18.1. The van der Waals surface area contributed by atoms with E-state index in [1.54, 1.807) is 0 Å². The zero-order valence-corrected chi connectivity index (χ0v) is 19.0. The molecule has 0 spiro atoms. The molecule has 7 rings (SSSR count). The van der Waals surface area contributed by atoms with Crippen molar-refractivity contribution in [1.82, 2.24) is 0 Å². The molecular formula is C31H22S. The van der Waals surface area contributed by atoms with Gasteiger partial charge in [-0.05, 0) is 74.2 Å². The predicted molar refractivity (Wildman–Crippen MR) is 137 cm³/mol. The molecule has 32 heavy (non-hydrogen) atoms. The van der Waals surface area contributed by atoms with Crippen molar-refractivity contribution in [1.29, 1.82) is 0 Å². The molecule has 1 heteroatoms. The quantitative estimate of drug-likeness (QED) is 0.253. The molecule has 0 atom stereocenters. The van der Waals surface area contributed by atoms with E-state index < -0.39 is 0 Å². The SMILES string of the molecule is CC1(C)c2ccccc2-c2ccc(-c3ccc4c(c3)-c3cccc5cccc(c35)S4)cc21. The minimum Gasteiger partial charge on any atom is -0.0888 e. The van der Waals surface area contributed by atoms with Crippen molar-refractivity contribution in [2.24, 2.45) is 0 Å². The monoisotopic (exact) mass is 426 g/mol. The van der Waals surface area contributed by atoms with Gasteiger partial charge in [-0.15, -0.1) is 0 Å². The van der Waals surface area contributed by atoms with Gasteiger partial charge in [0.2, 0.25) is 0 Å². The Morgan fingerprint density at radius 1 is 0.531 bits per heavy atom. The first-order valence-electron chi connectivity index (χ1n) is 11.2. The Bertz CT molecular complexity index is 1570. The van der Waals surface area contributed by atoms with Gasteiger partial charge in [0.05, 0.1) is 0 Å². The Morgan fingerprint density at radius 3 is 2.16 bits per heavy atom. The average Bonchev–Trinajstić information content (AvgIpc) is 3.06. The molecule has 2 aliphatic rings. The van der Waals surface area contributed by atoms with Gasteiger partial charge in [0.15, 0.2) is 0 Å². The van der Waals surface area contributed by atoms with E-state index >= 15 is 0 Å². The van der Waals surface area contributed by atoms with Gasteiger partial charge in [0.1, 0.15) is 0 Å². The number of fused-ring (bicyclic) bond motifs is 5. The second-order valence-electron chi connectivity index (χ2n) is 9.40. The molecular weight excluding hydrogens is 404 g/mol. The van der Waals surface area contributed by atoms with Crippen LogP contribution in [0.4, 0.5) is 0 Å². The maximum absolute atomic E-state index is 2.42. The summed E-state index contributed by atoms with van der Waals surface area (Å²) in [6, 6.07) is 36.2. The lowest BCUT2D eigenvalue weighted by Gasteiger charge is -2.23. The molecule has 0 fully saturated rings. The maximum Gasteiger partial charge on any atom is 0.0207 e. The first-order valence-corrected chi connectivity index (χ1v) is 12.0. The van der Waals surface area contributed by atoms with Crippen LogP contribution in [-0.4, -0.2) is 0 Å². The van der Waals surface area contributed by atoms with Crippen molar-refractivity contribution in [2.45, 2.75) is 29.1 Å². The molecule has 0 unspecified atom stereocenters. The molecule has 0 saturated carbocycles. The third kappa shape index (κ3) is 2.40. The molecule has 0 saturated heterocycles. The van der Waals surface area contributed by atoms with Crippen LogP contribution in [0, 0.1) is 0 Å². The summed E-state index contributed by atoms with van der Waals surface area (Å²) < 4.78 is 0. The van der Waals surface area contributed by atoms with Gasteiger partial charge in [-0.2, -0.15) is 0 Å². The van der Waals surface area contributed by atoms with Gasteiger partial charge in [0, 0.05) is 20.6 Å². The smallest absolute Gasteiger partial charge is 0.0207 e. The summed E-state index contributed by atoms with van der Waals surface area (Å²) >= 11 is 1.89. The molecule has 0 nitrogen and oxygen atoms in total. The number of hydrogen-bond donors (Lipinski definition) is 0. The van der Waals surface area contributed by atoms with E-state index in [2.05, 4.69) is 111 Å². The molecule has 0 radical (unpaired) electrons. The third-order valence-corrected chi connectivity index (χ3v) is 8.41. The highest BCUT2D eigenvalue weighted by molar-refractivity contribution is 7.99. The van der Waals surface area contributed by atoms with E-state index in [1.165, 1.54) is 65.1 Å². The molecule has 152 valence electrons. The Kier molecular flexibility index (Phi) is 3.64. The summed E-state index contributed by atoms with van der Waals surface area (Å²) in [6.07, 6.45) is 0. The number of benzene rings is 5. The second kappa shape index (κ2) is 6.37. The number of rotatable bonds is 1. The van der Waals surface area contributed by atoms with E-state index in [4.69, 9.17) is 0 Å². The molecule has 0 bridgehead atoms. The van der Waals surface area contributed by atoms with Crippen molar-refractivity contribution < 1.29 is 0 Å². The fraction of sp³-hybridized carbons (Fsp3) is 0.0968. The minimum atomic E-state index is 0.0243. The van der Waals surface area contributed by atoms with E-state index in [1.807, 2.05) is 11.8 Å². The van der Waals surface area contributed by atoms with Crippen LogP contribution < -0.4 is 0 Å². The van der Waals surface area contributed by atoms with Crippen LogP contribution in [0.5, 0.6) is 0 Å². The summed E-state index contributed by atoms with van der Waals surface area (Å²) in [5.74, 6) is 0. The third-order valence-electron chi connectivity index (χ3n) is 7.27. The van der Waals surface area contributed by atoms with Crippen LogP contribution in [0.15, 0.2) is 107 Å². The highest BCUT2D eigenvalue weighted by atomic mass is 32.2. The molecule has 5 aromatic carbocycles. The van der Waals surface area contributed by atoms with E-state index in [0.29, 0.717) is 0 Å². The molecule has 0 aromatic heterocycles. The van der Waals surface area contributed by atoms with Crippen molar-refractivity contribution in [3.8, 4) is 33.4 Å². The van der Waals surface area contributed by atoms with Crippen LogP contribution >= 0.6 is 11.8 Å². The standard InChI is InChI=1S/C31H22S/c1-31(2)26-11-4-3-9-22(26)23-15-13-21(18-27(23)31)20-14-16-28-25(17-20)24-10-5-7-19-8-6-12-29(32-28)30(19)24/h3-18H,1-2H3. The lowest BCUT2D eigenvalue weighted by Crippen LogP contribution is -2.14. The molecule has 1 aliphatic heterocycles. The van der Waals surface area contributed by atoms with Gasteiger partial charge in [-0.3, -0.25) is 0 Å². The summed E-state index contributed by atoms with van der Waals surface area (Å²) in [6.45, 7) is 4.70. The van der Waals surface area contributed by atoms with Crippen molar-refractivity contribution in [3.05, 3.63) is 108 Å². The van der Waals surface area contributed by atoms with E-state index in [9.17, 15) is 0 Å². The normalized spacial score (nSPS) is 14.7. The van der Waals surface area contributed by atoms with Crippen LogP contribution in [-0.2, 0) is 5.41 Å². The zero-order chi connectivity index (χ0) is 21.4. The van der Waals surface area contributed by atoms with Crippen molar-refractivity contribution >= 4 is 22.5 Å². The Balaban J connectivity index is 1.40. The summed E-state index contributed by atoms with van der Waals surface area (Å²) in [4.78, 5) is 2.70. The lowest BCUT2D eigenvalue weighted by atomic mass is 9.81. The van der Waals surface area contributed by atoms with Gasteiger partial charge in [0.25, 0.3) is 0 Å². The van der Waals surface area contributed by atoms with E-state index in [0.717, 1.165) is 0 Å². The van der Waals surface area contributed by atoms with Gasteiger partial charge >= 0.3 is 0 Å². The van der Waals surface area contributed by atoms with Crippen LogP contribution in [0.25, 0.3) is 44.2 Å². The fourth-order valence-electron chi connectivity index (χ4n) is 5.63. The first kappa shape index (κ1) is 18.3. The Hall–Kier alpha value is -3.29. The van der Waals surface area contributed by atoms with Gasteiger partial charge < -0.3 is 0 Å². The van der Waals surface area contributed by atoms with Gasteiger partial charge in [-0.25, -0.2) is 0 Å². The minimum absolute atomic E-state index is 0.0243. The van der Waals surface area contributed by atoms with Crippen LogP contribution in [0.3, 0.4) is 0 Å². The Morgan fingerprint density at radius 2 is 1.25 bits per heavy atom. The average molecular weight is 427 g/mol. The fourth-order valence-corrected chi connectivity index (χ4v) is 6.76. The lowest BCUT2D eigenvalue weighted by molar-refractivity contribution is 0.660. The predicted octanol–water partition coefficient (Wildman–Crippen LogP) is 8.94. The molecule has 0 N–H and O–H groups in total. The largest absolute Gasteiger partial charge is 0.0888 e. The van der Waals surface area contributed by atoms with E-state index in [-0.39, 0.29) is 5.41 Å².